The van der Waals surface area contributed by atoms with Gasteiger partial charge in [0.15, 0.2) is 0 Å². The summed E-state index contributed by atoms with van der Waals surface area (Å²) >= 11 is 0. The summed E-state index contributed by atoms with van der Waals surface area (Å²) in [6, 6.07) is 9.91. The van der Waals surface area contributed by atoms with E-state index < -0.39 is 0 Å². The summed E-state index contributed by atoms with van der Waals surface area (Å²) in [5, 5.41) is 2.61. The third kappa shape index (κ3) is 4.86. The van der Waals surface area contributed by atoms with Gasteiger partial charge >= 0.3 is 6.09 Å². The fourth-order valence-corrected chi connectivity index (χ4v) is 1.08. The molecule has 0 unspecified atom stereocenters. The monoisotopic (exact) mass is 205 g/mol. The van der Waals surface area contributed by atoms with E-state index in [0.717, 1.165) is 5.56 Å². The zero-order valence-corrected chi connectivity index (χ0v) is 8.77. The van der Waals surface area contributed by atoms with Crippen molar-refractivity contribution in [2.45, 2.75) is 6.92 Å². The van der Waals surface area contributed by atoms with Gasteiger partial charge in [0.05, 0.1) is 6.61 Å². The average Bonchev–Trinajstić information content (AvgIpc) is 2.26. The van der Waals surface area contributed by atoms with Crippen molar-refractivity contribution in [1.29, 1.82) is 0 Å². The molecule has 0 atom stereocenters. The van der Waals surface area contributed by atoms with Gasteiger partial charge in [-0.1, -0.05) is 42.5 Å². The predicted molar refractivity (Wildman–Crippen MR) is 60.5 cm³/mol. The number of amides is 1. The van der Waals surface area contributed by atoms with Crippen LogP contribution in [0, 0.1) is 0 Å². The van der Waals surface area contributed by atoms with Gasteiger partial charge in [-0.15, -0.1) is 0 Å². The van der Waals surface area contributed by atoms with E-state index in [4.69, 9.17) is 4.74 Å². The third-order valence-corrected chi connectivity index (χ3v) is 1.75. The number of alkyl carbamates (subject to hydrolysis) is 1. The maximum absolute atomic E-state index is 10.9. The molecule has 0 aliphatic rings. The van der Waals surface area contributed by atoms with Gasteiger partial charge in [0.2, 0.25) is 0 Å². The lowest BCUT2D eigenvalue weighted by molar-refractivity contribution is 0.153. The second-order valence-corrected chi connectivity index (χ2v) is 2.91. The molecule has 3 nitrogen and oxygen atoms in total. The van der Waals surface area contributed by atoms with Gasteiger partial charge in [-0.3, -0.25) is 0 Å². The van der Waals surface area contributed by atoms with Crippen LogP contribution in [0.2, 0.25) is 0 Å². The van der Waals surface area contributed by atoms with Crippen molar-refractivity contribution in [2.24, 2.45) is 0 Å². The van der Waals surface area contributed by atoms with Crippen LogP contribution in [0.1, 0.15) is 12.5 Å². The molecule has 0 spiro atoms. The Balaban J connectivity index is 2.26. The molecule has 1 aromatic carbocycles. The fourth-order valence-electron chi connectivity index (χ4n) is 1.08. The largest absolute Gasteiger partial charge is 0.450 e. The van der Waals surface area contributed by atoms with Gasteiger partial charge in [0, 0.05) is 6.54 Å². The molecule has 0 saturated carbocycles. The highest BCUT2D eigenvalue weighted by Gasteiger charge is 1.94. The number of carbonyl (C=O) groups excluding carboxylic acids is 1. The van der Waals surface area contributed by atoms with E-state index in [1.54, 1.807) is 6.92 Å². The molecule has 0 aliphatic carbocycles. The Labute approximate surface area is 89.8 Å². The van der Waals surface area contributed by atoms with Crippen LogP contribution in [0.25, 0.3) is 6.08 Å². The normalized spacial score (nSPS) is 10.2. The molecule has 0 heterocycles. The van der Waals surface area contributed by atoms with Gasteiger partial charge in [0.1, 0.15) is 0 Å². The van der Waals surface area contributed by atoms with Crippen molar-refractivity contribution < 1.29 is 9.53 Å². The van der Waals surface area contributed by atoms with Crippen molar-refractivity contribution in [2.75, 3.05) is 13.2 Å². The van der Waals surface area contributed by atoms with E-state index in [0.29, 0.717) is 13.2 Å². The van der Waals surface area contributed by atoms with Crippen molar-refractivity contribution in [3.05, 3.63) is 42.0 Å². The number of nitrogens with one attached hydrogen (secondary N) is 1. The van der Waals surface area contributed by atoms with Gasteiger partial charge in [-0.25, -0.2) is 4.79 Å². The van der Waals surface area contributed by atoms with Crippen LogP contribution >= 0.6 is 0 Å². The molecular weight excluding hydrogens is 190 g/mol. The van der Waals surface area contributed by atoms with Crippen molar-refractivity contribution in [3.8, 4) is 0 Å². The van der Waals surface area contributed by atoms with Crippen molar-refractivity contribution in [1.82, 2.24) is 5.32 Å². The molecule has 0 aromatic heterocycles. The van der Waals surface area contributed by atoms with Crippen molar-refractivity contribution >= 4 is 12.2 Å². The van der Waals surface area contributed by atoms with E-state index >= 15 is 0 Å². The first kappa shape index (κ1) is 11.3. The minimum Gasteiger partial charge on any atom is -0.450 e. The lowest BCUT2D eigenvalue weighted by Gasteiger charge is -2.01. The Kier molecular flexibility index (Phi) is 5.01. The van der Waals surface area contributed by atoms with E-state index in [1.165, 1.54) is 0 Å². The van der Waals surface area contributed by atoms with Crippen LogP contribution in [0.5, 0.6) is 0 Å². The Morgan fingerprint density at radius 1 is 1.40 bits per heavy atom. The molecule has 0 bridgehead atoms. The number of hydrogen-bond acceptors (Lipinski definition) is 2. The van der Waals surface area contributed by atoms with Gasteiger partial charge in [-0.2, -0.15) is 0 Å². The summed E-state index contributed by atoms with van der Waals surface area (Å²) in [6.07, 6.45) is 3.45. The predicted octanol–water partition coefficient (Wildman–Crippen LogP) is 2.45. The molecule has 1 aromatic rings. The summed E-state index contributed by atoms with van der Waals surface area (Å²) in [5.41, 5.74) is 1.11. The molecule has 1 N–H and O–H groups in total. The average molecular weight is 205 g/mol. The maximum atomic E-state index is 10.9. The molecule has 1 rings (SSSR count). The molecule has 80 valence electrons. The summed E-state index contributed by atoms with van der Waals surface area (Å²) in [4.78, 5) is 10.9. The highest BCUT2D eigenvalue weighted by atomic mass is 16.5. The molecular formula is C12H15NO2. The van der Waals surface area contributed by atoms with Gasteiger partial charge in [-0.05, 0) is 12.5 Å². The van der Waals surface area contributed by atoms with Crippen LogP contribution in [0.15, 0.2) is 36.4 Å². The summed E-state index contributed by atoms with van der Waals surface area (Å²) in [6.45, 7) is 2.65. The lowest BCUT2D eigenvalue weighted by atomic mass is 10.2. The Morgan fingerprint density at radius 2 is 2.13 bits per heavy atom. The summed E-state index contributed by atoms with van der Waals surface area (Å²) in [5.74, 6) is 0. The first-order valence-corrected chi connectivity index (χ1v) is 4.95. The van der Waals surface area contributed by atoms with Crippen LogP contribution in [0.3, 0.4) is 0 Å². The molecule has 0 radical (unpaired) electrons. The van der Waals surface area contributed by atoms with E-state index in [2.05, 4.69) is 5.32 Å². The minimum absolute atomic E-state index is 0.379. The first-order chi connectivity index (χ1) is 7.33. The zero-order chi connectivity index (χ0) is 10.9. The maximum Gasteiger partial charge on any atom is 0.407 e. The van der Waals surface area contributed by atoms with E-state index in [9.17, 15) is 4.79 Å². The molecule has 15 heavy (non-hydrogen) atoms. The highest BCUT2D eigenvalue weighted by molar-refractivity contribution is 5.67. The topological polar surface area (TPSA) is 38.3 Å². The number of rotatable bonds is 4. The van der Waals surface area contributed by atoms with Crippen molar-refractivity contribution in [3.63, 3.8) is 0 Å². The van der Waals surface area contributed by atoms with E-state index in [-0.39, 0.29) is 6.09 Å². The second-order valence-electron chi connectivity index (χ2n) is 2.91. The second kappa shape index (κ2) is 6.65. The van der Waals surface area contributed by atoms with Crippen LogP contribution in [0.4, 0.5) is 4.79 Å². The number of ether oxygens (including phenoxy) is 1. The number of hydrogen-bond donors (Lipinski definition) is 1. The summed E-state index contributed by atoms with van der Waals surface area (Å²) < 4.78 is 4.71. The molecule has 3 heteroatoms. The van der Waals surface area contributed by atoms with Crippen LogP contribution < -0.4 is 5.32 Å². The summed E-state index contributed by atoms with van der Waals surface area (Å²) in [7, 11) is 0. The quantitative estimate of drug-likeness (QED) is 0.819. The number of benzene rings is 1. The van der Waals surface area contributed by atoms with E-state index in [1.807, 2.05) is 42.5 Å². The smallest absolute Gasteiger partial charge is 0.407 e. The Bertz CT molecular complexity index is 320. The minimum atomic E-state index is -0.379. The van der Waals surface area contributed by atoms with Crippen LogP contribution in [-0.4, -0.2) is 19.2 Å². The Morgan fingerprint density at radius 3 is 2.80 bits per heavy atom. The third-order valence-electron chi connectivity index (χ3n) is 1.75. The van der Waals surface area contributed by atoms with Gasteiger partial charge < -0.3 is 10.1 Å². The molecule has 1 amide bonds. The first-order valence-electron chi connectivity index (χ1n) is 4.95. The molecule has 0 saturated heterocycles. The highest BCUT2D eigenvalue weighted by Crippen LogP contribution is 1.99. The fraction of sp³-hybridized carbons (Fsp3) is 0.250. The lowest BCUT2D eigenvalue weighted by Crippen LogP contribution is -2.24. The molecule has 0 aliphatic heterocycles. The SMILES string of the molecule is CCOC(=O)NCC=Cc1ccccc1. The Hall–Kier alpha value is -1.77. The standard InChI is InChI=1S/C12H15NO2/c1-2-15-12(14)13-10-6-9-11-7-4-3-5-8-11/h3-9H,2,10H2,1H3,(H,13,14). The van der Waals surface area contributed by atoms with Crippen LogP contribution in [-0.2, 0) is 4.74 Å². The number of carbonyl (C=O) groups is 1. The molecule has 0 fully saturated rings. The van der Waals surface area contributed by atoms with Gasteiger partial charge in [0.25, 0.3) is 0 Å². The zero-order valence-electron chi connectivity index (χ0n) is 8.77.